The number of nitrogen functional groups attached to an aromatic ring is 2. The molecule has 24 heavy (non-hydrogen) atoms. The van der Waals surface area contributed by atoms with Crippen molar-refractivity contribution in [1.82, 2.24) is 4.98 Å². The summed E-state index contributed by atoms with van der Waals surface area (Å²) in [5.41, 5.74) is 14.7. The first-order valence-electron chi connectivity index (χ1n) is 7.47. The standard InChI is InChI=1S/C19H17N3O2/c20-15-11-16(14-9-5-2-6-10-14)22-18(21)17(15)19(23)24-12-13-7-3-1-4-8-13/h1-11H,12H2,(H4,20,21,22). The maximum atomic E-state index is 12.3. The van der Waals surface area contributed by atoms with Crippen LogP contribution in [0.3, 0.4) is 0 Å². The predicted molar refractivity (Wildman–Crippen MR) is 94.1 cm³/mol. The van der Waals surface area contributed by atoms with Crippen molar-refractivity contribution in [1.29, 1.82) is 0 Å². The van der Waals surface area contributed by atoms with Gasteiger partial charge in [-0.1, -0.05) is 60.7 Å². The molecule has 0 atom stereocenters. The average molecular weight is 319 g/mol. The molecule has 0 amide bonds. The molecule has 0 aliphatic rings. The Labute approximate surface area is 139 Å². The molecular formula is C19H17N3O2. The van der Waals surface area contributed by atoms with Crippen molar-refractivity contribution in [2.45, 2.75) is 6.61 Å². The Morgan fingerprint density at radius 1 is 0.958 bits per heavy atom. The third kappa shape index (κ3) is 3.35. The lowest BCUT2D eigenvalue weighted by Crippen LogP contribution is -2.13. The van der Waals surface area contributed by atoms with Gasteiger partial charge in [0, 0.05) is 5.56 Å². The number of ether oxygens (including phenoxy) is 1. The zero-order valence-electron chi connectivity index (χ0n) is 13.0. The molecule has 0 aliphatic heterocycles. The van der Waals surface area contributed by atoms with Crippen LogP contribution >= 0.6 is 0 Å². The van der Waals surface area contributed by atoms with Crippen molar-refractivity contribution in [2.24, 2.45) is 0 Å². The highest BCUT2D eigenvalue weighted by atomic mass is 16.5. The highest BCUT2D eigenvalue weighted by Gasteiger charge is 2.18. The van der Waals surface area contributed by atoms with Gasteiger partial charge in [-0.2, -0.15) is 0 Å². The zero-order chi connectivity index (χ0) is 16.9. The number of nitrogens with zero attached hydrogens (tertiary/aromatic N) is 1. The van der Waals surface area contributed by atoms with Gasteiger partial charge in [-0.05, 0) is 11.6 Å². The van der Waals surface area contributed by atoms with E-state index in [1.807, 2.05) is 60.7 Å². The normalized spacial score (nSPS) is 10.3. The van der Waals surface area contributed by atoms with E-state index < -0.39 is 5.97 Å². The fourth-order valence-corrected chi connectivity index (χ4v) is 2.36. The van der Waals surface area contributed by atoms with E-state index in [0.717, 1.165) is 11.1 Å². The molecule has 0 aliphatic carbocycles. The van der Waals surface area contributed by atoms with Gasteiger partial charge in [0.05, 0.1) is 11.4 Å². The van der Waals surface area contributed by atoms with Gasteiger partial charge in [0.15, 0.2) is 0 Å². The Bertz CT molecular complexity index is 826. The molecule has 0 saturated heterocycles. The van der Waals surface area contributed by atoms with Crippen LogP contribution in [0.2, 0.25) is 0 Å². The molecule has 3 rings (SSSR count). The number of carbonyl (C=O) groups is 1. The number of hydrogen-bond acceptors (Lipinski definition) is 5. The van der Waals surface area contributed by atoms with Crippen molar-refractivity contribution in [3.8, 4) is 11.3 Å². The Hall–Kier alpha value is -3.34. The fraction of sp³-hybridized carbons (Fsp3) is 0.0526. The van der Waals surface area contributed by atoms with Crippen molar-refractivity contribution in [3.63, 3.8) is 0 Å². The lowest BCUT2D eigenvalue weighted by Gasteiger charge is -2.11. The summed E-state index contributed by atoms with van der Waals surface area (Å²) in [7, 11) is 0. The van der Waals surface area contributed by atoms with Crippen LogP contribution in [0, 0.1) is 0 Å². The lowest BCUT2D eigenvalue weighted by atomic mass is 10.1. The molecule has 120 valence electrons. The fourth-order valence-electron chi connectivity index (χ4n) is 2.36. The maximum absolute atomic E-state index is 12.3. The van der Waals surface area contributed by atoms with Crippen molar-refractivity contribution >= 4 is 17.5 Å². The number of pyridine rings is 1. The Morgan fingerprint density at radius 3 is 2.21 bits per heavy atom. The highest BCUT2D eigenvalue weighted by molar-refractivity contribution is 6.00. The summed E-state index contributed by atoms with van der Waals surface area (Å²) in [4.78, 5) is 16.6. The number of esters is 1. The summed E-state index contributed by atoms with van der Waals surface area (Å²) in [5, 5.41) is 0. The van der Waals surface area contributed by atoms with Crippen LogP contribution < -0.4 is 11.5 Å². The van der Waals surface area contributed by atoms with E-state index in [2.05, 4.69) is 4.98 Å². The number of anilines is 2. The minimum Gasteiger partial charge on any atom is -0.457 e. The minimum absolute atomic E-state index is 0.0620. The molecular weight excluding hydrogens is 302 g/mol. The van der Waals surface area contributed by atoms with Crippen LogP contribution in [0.4, 0.5) is 11.5 Å². The third-order valence-electron chi connectivity index (χ3n) is 3.56. The lowest BCUT2D eigenvalue weighted by molar-refractivity contribution is 0.0475. The molecule has 0 saturated carbocycles. The number of carbonyl (C=O) groups excluding carboxylic acids is 1. The number of hydrogen-bond donors (Lipinski definition) is 2. The minimum atomic E-state index is -0.582. The van der Waals surface area contributed by atoms with Crippen molar-refractivity contribution < 1.29 is 9.53 Å². The summed E-state index contributed by atoms with van der Waals surface area (Å²) in [6.45, 7) is 0.152. The van der Waals surface area contributed by atoms with Crippen molar-refractivity contribution in [3.05, 3.63) is 77.9 Å². The molecule has 0 spiro atoms. The Balaban J connectivity index is 1.82. The number of aromatic nitrogens is 1. The first kappa shape index (κ1) is 15.6. The summed E-state index contributed by atoms with van der Waals surface area (Å²) >= 11 is 0. The first-order valence-corrected chi connectivity index (χ1v) is 7.47. The monoisotopic (exact) mass is 319 g/mol. The van der Waals surface area contributed by atoms with Crippen molar-refractivity contribution in [2.75, 3.05) is 11.5 Å². The Morgan fingerprint density at radius 2 is 1.58 bits per heavy atom. The summed E-state index contributed by atoms with van der Waals surface area (Å²) in [5.74, 6) is -0.520. The summed E-state index contributed by atoms with van der Waals surface area (Å²) < 4.78 is 5.28. The van der Waals surface area contributed by atoms with Gasteiger partial charge in [0.2, 0.25) is 0 Å². The topological polar surface area (TPSA) is 91.2 Å². The van der Waals surface area contributed by atoms with E-state index in [9.17, 15) is 4.79 Å². The van der Waals surface area contributed by atoms with E-state index in [-0.39, 0.29) is 23.7 Å². The molecule has 3 aromatic rings. The van der Waals surface area contributed by atoms with Crippen LogP contribution in [0.1, 0.15) is 15.9 Å². The maximum Gasteiger partial charge on any atom is 0.344 e. The number of rotatable bonds is 4. The smallest absolute Gasteiger partial charge is 0.344 e. The second-order valence-corrected chi connectivity index (χ2v) is 5.28. The van der Waals surface area contributed by atoms with E-state index in [1.54, 1.807) is 6.07 Å². The molecule has 4 N–H and O–H groups in total. The van der Waals surface area contributed by atoms with E-state index in [4.69, 9.17) is 16.2 Å². The molecule has 0 fully saturated rings. The zero-order valence-corrected chi connectivity index (χ0v) is 13.0. The molecule has 5 nitrogen and oxygen atoms in total. The van der Waals surface area contributed by atoms with Gasteiger partial charge < -0.3 is 16.2 Å². The SMILES string of the molecule is Nc1cc(-c2ccccc2)nc(N)c1C(=O)OCc1ccccc1. The van der Waals surface area contributed by atoms with Crippen LogP contribution in [0.15, 0.2) is 66.7 Å². The summed E-state index contributed by atoms with van der Waals surface area (Å²) in [6.07, 6.45) is 0. The van der Waals surface area contributed by atoms with Crippen LogP contribution in [0.25, 0.3) is 11.3 Å². The van der Waals surface area contributed by atoms with Crippen LogP contribution in [0.5, 0.6) is 0 Å². The van der Waals surface area contributed by atoms with Gasteiger partial charge in [-0.25, -0.2) is 9.78 Å². The van der Waals surface area contributed by atoms with E-state index >= 15 is 0 Å². The van der Waals surface area contributed by atoms with E-state index in [1.165, 1.54) is 0 Å². The first-order chi connectivity index (χ1) is 11.6. The number of nitrogens with two attached hydrogens (primary N) is 2. The quantitative estimate of drug-likeness (QED) is 0.720. The van der Waals surface area contributed by atoms with Gasteiger partial charge in [0.25, 0.3) is 0 Å². The second kappa shape index (κ2) is 6.83. The molecule has 2 aromatic carbocycles. The summed E-state index contributed by atoms with van der Waals surface area (Å²) in [6, 6.07) is 20.5. The van der Waals surface area contributed by atoms with Crippen LogP contribution in [-0.4, -0.2) is 11.0 Å². The molecule has 1 aromatic heterocycles. The average Bonchev–Trinajstić information content (AvgIpc) is 2.61. The second-order valence-electron chi connectivity index (χ2n) is 5.28. The van der Waals surface area contributed by atoms with Gasteiger partial charge >= 0.3 is 5.97 Å². The molecule has 0 radical (unpaired) electrons. The highest BCUT2D eigenvalue weighted by Crippen LogP contribution is 2.26. The molecule has 5 heteroatoms. The largest absolute Gasteiger partial charge is 0.457 e. The molecule has 0 bridgehead atoms. The molecule has 1 heterocycles. The molecule has 0 unspecified atom stereocenters. The van der Waals surface area contributed by atoms with Gasteiger partial charge in [-0.3, -0.25) is 0 Å². The van der Waals surface area contributed by atoms with Crippen LogP contribution in [-0.2, 0) is 11.3 Å². The number of benzene rings is 2. The third-order valence-corrected chi connectivity index (χ3v) is 3.56. The Kier molecular flexibility index (Phi) is 4.43. The van der Waals surface area contributed by atoms with E-state index in [0.29, 0.717) is 5.69 Å². The predicted octanol–water partition coefficient (Wildman–Crippen LogP) is 3.27. The van der Waals surface area contributed by atoms with Gasteiger partial charge in [-0.15, -0.1) is 0 Å². The van der Waals surface area contributed by atoms with Gasteiger partial charge in [0.1, 0.15) is 18.0 Å².